The molecule has 51 heavy (non-hydrogen) atoms. The van der Waals surface area contributed by atoms with Gasteiger partial charge in [0.05, 0.1) is 6.04 Å². The number of nitrogens with two attached hydrogens (primary N) is 4. The fourth-order valence-corrected chi connectivity index (χ4v) is 5.17. The highest BCUT2D eigenvalue weighted by Crippen LogP contribution is 2.30. The average molecular weight is 675 g/mol. The Balaban J connectivity index is 0.000000163. The van der Waals surface area contributed by atoms with E-state index in [4.69, 9.17) is 22.9 Å². The van der Waals surface area contributed by atoms with Gasteiger partial charge in [-0.2, -0.15) is 0 Å². The van der Waals surface area contributed by atoms with E-state index < -0.39 is 0 Å². The zero-order valence-corrected chi connectivity index (χ0v) is 29.1. The molecule has 0 bridgehead atoms. The SMILES string of the molecule is Cc1ccc(-c2ccc(F)c3ccccc23)cc1.N/C(=C\C(N)c1ccccc1)c1ccccc1.NCc1ccccc1.NCc1ccccc1. The van der Waals surface area contributed by atoms with Crippen molar-refractivity contribution in [2.75, 3.05) is 0 Å². The molecule has 0 aliphatic carbocycles. The molecular weight excluding hydrogens is 628 g/mol. The monoisotopic (exact) mass is 674 g/mol. The quantitative estimate of drug-likeness (QED) is 0.141. The molecule has 7 rings (SSSR count). The predicted octanol–water partition coefficient (Wildman–Crippen LogP) is 9.93. The molecule has 1 atom stereocenters. The van der Waals surface area contributed by atoms with Crippen LogP contribution in [0, 0.1) is 12.7 Å². The molecule has 0 aromatic heterocycles. The highest BCUT2D eigenvalue weighted by molar-refractivity contribution is 5.97. The van der Waals surface area contributed by atoms with E-state index in [1.165, 1.54) is 22.8 Å². The Morgan fingerprint density at radius 2 is 1.00 bits per heavy atom. The molecule has 0 aliphatic rings. The van der Waals surface area contributed by atoms with Crippen LogP contribution in [0.2, 0.25) is 0 Å². The Kier molecular flexibility index (Phi) is 15.3. The lowest BCUT2D eigenvalue weighted by Crippen LogP contribution is -2.09. The first-order chi connectivity index (χ1) is 24.9. The molecule has 0 saturated heterocycles. The fourth-order valence-electron chi connectivity index (χ4n) is 5.17. The summed E-state index contributed by atoms with van der Waals surface area (Å²) in [5.74, 6) is -0.165. The second-order valence-electron chi connectivity index (χ2n) is 11.8. The number of aryl methyl sites for hydroxylation is 1. The van der Waals surface area contributed by atoms with E-state index in [0.29, 0.717) is 24.2 Å². The minimum atomic E-state index is -0.170. The van der Waals surface area contributed by atoms with Gasteiger partial charge >= 0.3 is 0 Å². The van der Waals surface area contributed by atoms with Gasteiger partial charge in [-0.3, -0.25) is 0 Å². The van der Waals surface area contributed by atoms with Gasteiger partial charge in [-0.15, -0.1) is 0 Å². The summed E-state index contributed by atoms with van der Waals surface area (Å²) in [5.41, 5.74) is 31.4. The van der Waals surface area contributed by atoms with Crippen LogP contribution >= 0.6 is 0 Å². The van der Waals surface area contributed by atoms with Crippen molar-refractivity contribution in [1.82, 2.24) is 0 Å². The molecule has 7 aromatic rings. The number of benzene rings is 7. The summed E-state index contributed by atoms with van der Waals surface area (Å²) >= 11 is 0. The zero-order valence-electron chi connectivity index (χ0n) is 29.1. The summed E-state index contributed by atoms with van der Waals surface area (Å²) in [7, 11) is 0. The van der Waals surface area contributed by atoms with Gasteiger partial charge in [0.2, 0.25) is 0 Å². The maximum atomic E-state index is 13.7. The van der Waals surface area contributed by atoms with Crippen LogP contribution in [0.3, 0.4) is 0 Å². The molecule has 8 N–H and O–H groups in total. The highest BCUT2D eigenvalue weighted by atomic mass is 19.1. The molecule has 4 nitrogen and oxygen atoms in total. The lowest BCUT2D eigenvalue weighted by Gasteiger charge is -2.09. The number of hydrogen-bond donors (Lipinski definition) is 4. The lowest BCUT2D eigenvalue weighted by atomic mass is 9.97. The third-order valence-corrected chi connectivity index (χ3v) is 8.04. The number of halogens is 1. The Labute approximate surface area is 301 Å². The van der Waals surface area contributed by atoms with Crippen LogP contribution in [0.25, 0.3) is 27.6 Å². The molecule has 0 spiro atoms. The molecule has 7 aromatic carbocycles. The third-order valence-electron chi connectivity index (χ3n) is 8.04. The fraction of sp³-hybridized carbons (Fsp3) is 0.0870. The maximum Gasteiger partial charge on any atom is 0.131 e. The van der Waals surface area contributed by atoms with Crippen molar-refractivity contribution < 1.29 is 4.39 Å². The highest BCUT2D eigenvalue weighted by Gasteiger charge is 2.07. The number of fused-ring (bicyclic) bond motifs is 1. The molecule has 258 valence electrons. The van der Waals surface area contributed by atoms with Gasteiger partial charge in [0, 0.05) is 24.2 Å². The normalized spacial score (nSPS) is 11.1. The van der Waals surface area contributed by atoms with Crippen molar-refractivity contribution in [2.24, 2.45) is 22.9 Å². The average Bonchev–Trinajstić information content (AvgIpc) is 3.20. The minimum Gasteiger partial charge on any atom is -0.398 e. The van der Waals surface area contributed by atoms with E-state index in [1.54, 1.807) is 0 Å². The van der Waals surface area contributed by atoms with Gasteiger partial charge in [-0.05, 0) is 57.8 Å². The minimum absolute atomic E-state index is 0.165. The molecule has 0 fully saturated rings. The third kappa shape index (κ3) is 12.2. The van der Waals surface area contributed by atoms with Crippen molar-refractivity contribution in [2.45, 2.75) is 26.1 Å². The van der Waals surface area contributed by atoms with Gasteiger partial charge in [0.1, 0.15) is 5.82 Å². The van der Waals surface area contributed by atoms with Gasteiger partial charge in [-0.1, -0.05) is 181 Å². The number of rotatable bonds is 6. The second kappa shape index (κ2) is 20.6. The first-order valence-corrected chi connectivity index (χ1v) is 16.9. The van der Waals surface area contributed by atoms with Gasteiger partial charge in [-0.25, -0.2) is 4.39 Å². The van der Waals surface area contributed by atoms with E-state index in [0.717, 1.165) is 27.6 Å². The van der Waals surface area contributed by atoms with Gasteiger partial charge in [0.25, 0.3) is 0 Å². The van der Waals surface area contributed by atoms with Crippen LogP contribution in [-0.2, 0) is 13.1 Å². The van der Waals surface area contributed by atoms with E-state index in [9.17, 15) is 4.39 Å². The molecule has 5 heteroatoms. The summed E-state index contributed by atoms with van der Waals surface area (Å²) in [5, 5.41) is 1.64. The van der Waals surface area contributed by atoms with Crippen LogP contribution in [0.4, 0.5) is 4.39 Å². The van der Waals surface area contributed by atoms with E-state index in [-0.39, 0.29) is 11.9 Å². The Morgan fingerprint density at radius 1 is 0.549 bits per heavy atom. The van der Waals surface area contributed by atoms with Crippen molar-refractivity contribution in [1.29, 1.82) is 0 Å². The first-order valence-electron chi connectivity index (χ1n) is 16.9. The van der Waals surface area contributed by atoms with Crippen molar-refractivity contribution in [3.8, 4) is 11.1 Å². The van der Waals surface area contributed by atoms with Crippen LogP contribution in [0.5, 0.6) is 0 Å². The van der Waals surface area contributed by atoms with Crippen LogP contribution < -0.4 is 22.9 Å². The zero-order chi connectivity index (χ0) is 36.3. The van der Waals surface area contributed by atoms with Crippen molar-refractivity contribution in [3.63, 3.8) is 0 Å². The molecule has 0 heterocycles. The largest absolute Gasteiger partial charge is 0.398 e. The Hall–Kier alpha value is -5.85. The summed E-state index contributed by atoms with van der Waals surface area (Å²) in [6, 6.07) is 58.9. The molecule has 0 aliphatic heterocycles. The Morgan fingerprint density at radius 3 is 1.49 bits per heavy atom. The van der Waals surface area contributed by atoms with Crippen molar-refractivity contribution >= 4 is 16.5 Å². The van der Waals surface area contributed by atoms with Crippen molar-refractivity contribution in [3.05, 3.63) is 222 Å². The van der Waals surface area contributed by atoms with Crippen LogP contribution in [0.15, 0.2) is 188 Å². The predicted molar refractivity (Wildman–Crippen MR) is 215 cm³/mol. The standard InChI is InChI=1S/C17H13F.C15H16N2.2C7H9N/c1-12-6-8-13(9-7-12)14-10-11-17(18)16-5-3-2-4-15(14)16;16-14(12-7-3-1-4-8-12)11-15(17)13-9-5-2-6-10-13;2*8-6-7-4-2-1-3-5-7/h2-11H,1H3;1-11,14H,16-17H2;2*1-5H,6,8H2/b;15-11-;;. The number of hydrogen-bond acceptors (Lipinski definition) is 4. The maximum absolute atomic E-state index is 13.7. The summed E-state index contributed by atoms with van der Waals surface area (Å²) < 4.78 is 13.7. The second-order valence-corrected chi connectivity index (χ2v) is 11.8. The summed E-state index contributed by atoms with van der Waals surface area (Å²) in [6.45, 7) is 3.34. The summed E-state index contributed by atoms with van der Waals surface area (Å²) in [6.07, 6.45) is 1.88. The Bertz CT molecular complexity index is 1990. The van der Waals surface area contributed by atoms with Gasteiger partial charge in [0.15, 0.2) is 0 Å². The van der Waals surface area contributed by atoms with Crippen LogP contribution in [-0.4, -0.2) is 0 Å². The first kappa shape index (κ1) is 38.0. The van der Waals surface area contributed by atoms with Gasteiger partial charge < -0.3 is 22.9 Å². The topological polar surface area (TPSA) is 104 Å². The van der Waals surface area contributed by atoms with E-state index in [1.807, 2.05) is 158 Å². The molecule has 0 amide bonds. The molecule has 0 radical (unpaired) electrons. The van der Waals surface area contributed by atoms with Crippen LogP contribution in [0.1, 0.15) is 33.9 Å². The smallest absolute Gasteiger partial charge is 0.131 e. The van der Waals surface area contributed by atoms with E-state index >= 15 is 0 Å². The molecular formula is C46H47FN4. The molecule has 1 unspecified atom stereocenters. The summed E-state index contributed by atoms with van der Waals surface area (Å²) in [4.78, 5) is 0. The van der Waals surface area contributed by atoms with E-state index in [2.05, 4.69) is 31.2 Å². The molecule has 0 saturated carbocycles. The lowest BCUT2D eigenvalue weighted by molar-refractivity contribution is 0.640.